The van der Waals surface area contributed by atoms with Crippen molar-refractivity contribution in [3.05, 3.63) is 23.8 Å². The van der Waals surface area contributed by atoms with Gasteiger partial charge in [-0.2, -0.15) is 0 Å². The zero-order valence-corrected chi connectivity index (χ0v) is 9.95. The fourth-order valence-electron chi connectivity index (χ4n) is 0.934. The highest BCUT2D eigenvalue weighted by Gasteiger charge is 2.35. The maximum absolute atomic E-state index is 11.5. The lowest BCUT2D eigenvalue weighted by Gasteiger charge is -2.20. The minimum atomic E-state index is -3.42. The topological polar surface area (TPSA) is 97.2 Å². The lowest BCUT2D eigenvalue weighted by atomic mass is 10.2. The Balaban J connectivity index is 3.35. The first-order valence-electron chi connectivity index (χ1n) is 4.42. The zero-order valence-electron chi connectivity index (χ0n) is 9.13. The van der Waals surface area contributed by atoms with Gasteiger partial charge in [-0.25, -0.2) is 23.2 Å². The van der Waals surface area contributed by atoms with Gasteiger partial charge in [0.1, 0.15) is 10.6 Å². The van der Waals surface area contributed by atoms with Gasteiger partial charge < -0.3 is 5.11 Å². The SMILES string of the molecule is CC(C)(c1nccc(C(=O)O)n1)S(C)(=O)=O. The van der Waals surface area contributed by atoms with Gasteiger partial charge in [0.05, 0.1) is 0 Å². The van der Waals surface area contributed by atoms with Crippen molar-refractivity contribution in [3.63, 3.8) is 0 Å². The third kappa shape index (κ3) is 2.19. The van der Waals surface area contributed by atoms with Crippen LogP contribution in [0.1, 0.15) is 30.2 Å². The largest absolute Gasteiger partial charge is 0.477 e. The molecule has 0 amide bonds. The van der Waals surface area contributed by atoms with Crippen LogP contribution in [0.2, 0.25) is 0 Å². The van der Waals surface area contributed by atoms with Crippen LogP contribution in [0.4, 0.5) is 0 Å². The van der Waals surface area contributed by atoms with Gasteiger partial charge in [0, 0.05) is 12.5 Å². The molecular weight excluding hydrogens is 232 g/mol. The van der Waals surface area contributed by atoms with Crippen molar-refractivity contribution in [3.8, 4) is 0 Å². The quantitative estimate of drug-likeness (QED) is 0.829. The molecule has 16 heavy (non-hydrogen) atoms. The summed E-state index contributed by atoms with van der Waals surface area (Å²) in [5, 5.41) is 8.74. The van der Waals surface area contributed by atoms with Crippen LogP contribution >= 0.6 is 0 Å². The number of hydrogen-bond acceptors (Lipinski definition) is 5. The second-order valence-electron chi connectivity index (χ2n) is 3.85. The van der Waals surface area contributed by atoms with E-state index < -0.39 is 20.6 Å². The Morgan fingerprint density at radius 1 is 1.44 bits per heavy atom. The third-order valence-corrected chi connectivity index (χ3v) is 4.38. The number of rotatable bonds is 3. The molecule has 7 heteroatoms. The smallest absolute Gasteiger partial charge is 0.354 e. The summed E-state index contributed by atoms with van der Waals surface area (Å²) in [4.78, 5) is 18.2. The molecule has 1 aromatic heterocycles. The Labute approximate surface area is 93.3 Å². The Bertz CT molecular complexity index is 522. The molecule has 0 fully saturated rings. The molecule has 0 radical (unpaired) electrons. The average Bonchev–Trinajstić information content (AvgIpc) is 2.16. The molecule has 0 aliphatic rings. The van der Waals surface area contributed by atoms with E-state index in [-0.39, 0.29) is 11.5 Å². The number of carbonyl (C=O) groups is 1. The van der Waals surface area contributed by atoms with Crippen molar-refractivity contribution in [1.82, 2.24) is 9.97 Å². The summed E-state index contributed by atoms with van der Waals surface area (Å²) in [6.45, 7) is 2.87. The van der Waals surface area contributed by atoms with Crippen molar-refractivity contribution < 1.29 is 18.3 Å². The molecule has 0 spiro atoms. The molecule has 0 unspecified atom stereocenters. The molecule has 6 nitrogen and oxygen atoms in total. The van der Waals surface area contributed by atoms with Crippen molar-refractivity contribution in [2.24, 2.45) is 0 Å². The van der Waals surface area contributed by atoms with Gasteiger partial charge in [-0.3, -0.25) is 0 Å². The molecular formula is C9H12N2O4S. The average molecular weight is 244 g/mol. The second-order valence-corrected chi connectivity index (χ2v) is 6.42. The Kier molecular flexibility index (Phi) is 3.00. The van der Waals surface area contributed by atoms with Gasteiger partial charge in [-0.05, 0) is 19.9 Å². The lowest BCUT2D eigenvalue weighted by molar-refractivity contribution is 0.0689. The van der Waals surface area contributed by atoms with Crippen molar-refractivity contribution >= 4 is 15.8 Å². The van der Waals surface area contributed by atoms with E-state index in [0.29, 0.717) is 0 Å². The lowest BCUT2D eigenvalue weighted by Crippen LogP contribution is -2.31. The van der Waals surface area contributed by atoms with Gasteiger partial charge in [0.15, 0.2) is 15.5 Å². The van der Waals surface area contributed by atoms with Crippen LogP contribution in [-0.4, -0.2) is 35.7 Å². The molecule has 0 atom stereocenters. The van der Waals surface area contributed by atoms with Crippen LogP contribution in [0.5, 0.6) is 0 Å². The number of aromatic carboxylic acids is 1. The minimum Gasteiger partial charge on any atom is -0.477 e. The van der Waals surface area contributed by atoms with Gasteiger partial charge in [0.2, 0.25) is 0 Å². The first-order chi connectivity index (χ1) is 7.16. The molecule has 0 saturated heterocycles. The highest BCUT2D eigenvalue weighted by Crippen LogP contribution is 2.25. The standard InChI is InChI=1S/C9H12N2O4S/c1-9(2,16(3,14)15)8-10-5-4-6(11-8)7(12)13/h4-5H,1-3H3,(H,12,13). The van der Waals surface area contributed by atoms with Crippen LogP contribution in [-0.2, 0) is 14.6 Å². The Morgan fingerprint density at radius 3 is 2.44 bits per heavy atom. The molecule has 88 valence electrons. The van der Waals surface area contributed by atoms with E-state index in [9.17, 15) is 13.2 Å². The first-order valence-corrected chi connectivity index (χ1v) is 6.32. The summed E-state index contributed by atoms with van der Waals surface area (Å²) in [5.74, 6) is -1.23. The van der Waals surface area contributed by atoms with Crippen LogP contribution in [0.15, 0.2) is 12.3 Å². The fraction of sp³-hybridized carbons (Fsp3) is 0.444. The summed E-state index contributed by atoms with van der Waals surface area (Å²) in [6.07, 6.45) is 2.29. The molecule has 0 bridgehead atoms. The van der Waals surface area contributed by atoms with Crippen LogP contribution < -0.4 is 0 Å². The van der Waals surface area contributed by atoms with Gasteiger partial charge in [-0.15, -0.1) is 0 Å². The van der Waals surface area contributed by atoms with Crippen LogP contribution in [0.25, 0.3) is 0 Å². The summed E-state index contributed by atoms with van der Waals surface area (Å²) < 4.78 is 21.7. The van der Waals surface area contributed by atoms with E-state index in [1.165, 1.54) is 26.1 Å². The van der Waals surface area contributed by atoms with E-state index in [2.05, 4.69) is 9.97 Å². The van der Waals surface area contributed by atoms with Crippen molar-refractivity contribution in [1.29, 1.82) is 0 Å². The second kappa shape index (κ2) is 3.82. The number of hydrogen-bond donors (Lipinski definition) is 1. The normalized spacial score (nSPS) is 12.4. The zero-order chi connectivity index (χ0) is 12.6. The molecule has 1 N–H and O–H groups in total. The minimum absolute atomic E-state index is 0.0186. The maximum Gasteiger partial charge on any atom is 0.354 e. The Hall–Kier alpha value is -1.50. The van der Waals surface area contributed by atoms with Gasteiger partial charge in [-0.1, -0.05) is 0 Å². The number of carboxylic acids is 1. The van der Waals surface area contributed by atoms with Gasteiger partial charge >= 0.3 is 5.97 Å². The molecule has 1 rings (SSSR count). The van der Waals surface area contributed by atoms with Crippen molar-refractivity contribution in [2.45, 2.75) is 18.6 Å². The molecule has 0 aromatic carbocycles. The number of aromatic nitrogens is 2. The molecule has 0 aliphatic heterocycles. The van der Waals surface area contributed by atoms with E-state index >= 15 is 0 Å². The molecule has 1 heterocycles. The highest BCUT2D eigenvalue weighted by atomic mass is 32.2. The Morgan fingerprint density at radius 2 is 2.00 bits per heavy atom. The summed E-state index contributed by atoms with van der Waals surface area (Å²) in [7, 11) is -3.42. The summed E-state index contributed by atoms with van der Waals surface area (Å²) in [6, 6.07) is 1.21. The highest BCUT2D eigenvalue weighted by molar-refractivity contribution is 7.91. The molecule has 0 aliphatic carbocycles. The van der Waals surface area contributed by atoms with Crippen LogP contribution in [0.3, 0.4) is 0 Å². The predicted molar refractivity (Wildman–Crippen MR) is 56.9 cm³/mol. The predicted octanol–water partition coefficient (Wildman–Crippen LogP) is 0.455. The molecule has 1 aromatic rings. The number of nitrogens with zero attached hydrogens (tertiary/aromatic N) is 2. The van der Waals surface area contributed by atoms with Crippen molar-refractivity contribution in [2.75, 3.05) is 6.26 Å². The van der Waals surface area contributed by atoms with E-state index in [1.54, 1.807) is 0 Å². The monoisotopic (exact) mass is 244 g/mol. The van der Waals surface area contributed by atoms with E-state index in [4.69, 9.17) is 5.11 Å². The fourth-order valence-corrected chi connectivity index (χ4v) is 1.36. The number of carboxylic acid groups (broad SMARTS) is 1. The number of sulfone groups is 1. The van der Waals surface area contributed by atoms with E-state index in [1.807, 2.05) is 0 Å². The van der Waals surface area contributed by atoms with E-state index in [0.717, 1.165) is 6.26 Å². The van der Waals surface area contributed by atoms with Crippen LogP contribution in [0, 0.1) is 0 Å². The summed E-state index contributed by atoms with van der Waals surface area (Å²) in [5.41, 5.74) is -0.221. The first kappa shape index (κ1) is 12.6. The van der Waals surface area contributed by atoms with Gasteiger partial charge in [0.25, 0.3) is 0 Å². The maximum atomic E-state index is 11.5. The summed E-state index contributed by atoms with van der Waals surface area (Å²) >= 11 is 0. The molecule has 0 saturated carbocycles. The third-order valence-electron chi connectivity index (χ3n) is 2.34.